The lowest BCUT2D eigenvalue weighted by Crippen LogP contribution is -2.13. The monoisotopic (exact) mass is 192 g/mol. The molecule has 0 unspecified atom stereocenters. The molecule has 0 aromatic rings. The van der Waals surface area contributed by atoms with Gasteiger partial charge >= 0.3 is 11.9 Å². The summed E-state index contributed by atoms with van der Waals surface area (Å²) in [5.74, 6) is -1.07. The Hall–Kier alpha value is -1.10. The van der Waals surface area contributed by atoms with Crippen molar-refractivity contribution in [2.24, 2.45) is 0 Å². The third-order valence-corrected chi connectivity index (χ3v) is 0.899. The Balaban J connectivity index is 0. The first-order chi connectivity index (χ1) is 6.20. The molecule has 0 aliphatic rings. The van der Waals surface area contributed by atoms with E-state index in [1.54, 1.807) is 13.8 Å². The lowest BCUT2D eigenvalue weighted by molar-refractivity contribution is -0.153. The van der Waals surface area contributed by atoms with E-state index in [2.05, 4.69) is 9.47 Å². The van der Waals surface area contributed by atoms with Crippen LogP contribution < -0.4 is 0 Å². The summed E-state index contributed by atoms with van der Waals surface area (Å²) in [6.45, 7) is 3.95. The number of aliphatic hydroxyl groups excluding tert-OH is 1. The van der Waals surface area contributed by atoms with E-state index in [-0.39, 0.29) is 19.6 Å². The molecule has 0 bridgehead atoms. The van der Waals surface area contributed by atoms with E-state index in [1.165, 1.54) is 0 Å². The highest BCUT2D eigenvalue weighted by Gasteiger charge is 2.09. The Morgan fingerprint density at radius 3 is 1.54 bits per heavy atom. The van der Waals surface area contributed by atoms with Crippen LogP contribution in [0.2, 0.25) is 0 Å². The van der Waals surface area contributed by atoms with Gasteiger partial charge < -0.3 is 14.6 Å². The highest BCUT2D eigenvalue weighted by atomic mass is 16.5. The molecule has 5 nitrogen and oxygen atoms in total. The summed E-state index contributed by atoms with van der Waals surface area (Å²) in [6.07, 6.45) is -0.290. The Morgan fingerprint density at radius 2 is 1.31 bits per heavy atom. The van der Waals surface area contributed by atoms with Crippen LogP contribution in [0.5, 0.6) is 0 Å². The Bertz CT molecular complexity index is 127. The van der Waals surface area contributed by atoms with E-state index in [9.17, 15) is 9.59 Å². The third-order valence-electron chi connectivity index (χ3n) is 0.899. The predicted octanol–water partition coefficient (Wildman–Crippen LogP) is 0.111. The van der Waals surface area contributed by atoms with Gasteiger partial charge in [-0.3, -0.25) is 9.59 Å². The number of ether oxygens (including phenoxy) is 2. The average molecular weight is 192 g/mol. The molecule has 0 aromatic carbocycles. The number of carbonyl (C=O) groups excluding carboxylic acids is 2. The minimum absolute atomic E-state index is 0.290. The van der Waals surface area contributed by atoms with Crippen LogP contribution in [0.1, 0.15) is 20.3 Å². The molecule has 0 aromatic heterocycles. The van der Waals surface area contributed by atoms with E-state index in [0.29, 0.717) is 0 Å². The second-order valence-corrected chi connectivity index (χ2v) is 1.79. The van der Waals surface area contributed by atoms with Crippen molar-refractivity contribution in [1.82, 2.24) is 0 Å². The fourth-order valence-electron chi connectivity index (χ4n) is 0.542. The Labute approximate surface area is 77.6 Å². The molecule has 0 spiro atoms. The molecule has 0 fully saturated rings. The van der Waals surface area contributed by atoms with Crippen LogP contribution in [0.3, 0.4) is 0 Å². The van der Waals surface area contributed by atoms with Crippen molar-refractivity contribution in [3.8, 4) is 0 Å². The van der Waals surface area contributed by atoms with Crippen LogP contribution in [0.25, 0.3) is 0 Å². The lowest BCUT2D eigenvalue weighted by Gasteiger charge is -2.00. The number of esters is 2. The van der Waals surface area contributed by atoms with Crippen LogP contribution in [-0.2, 0) is 19.1 Å². The summed E-state index contributed by atoms with van der Waals surface area (Å²) in [7, 11) is 1.00. The van der Waals surface area contributed by atoms with Gasteiger partial charge in [0.2, 0.25) is 0 Å². The van der Waals surface area contributed by atoms with Crippen LogP contribution in [0.15, 0.2) is 0 Å². The lowest BCUT2D eigenvalue weighted by atomic mass is 10.4. The molecule has 0 radical (unpaired) electrons. The Kier molecular flexibility index (Phi) is 12.1. The maximum Gasteiger partial charge on any atom is 0.317 e. The minimum atomic E-state index is -0.536. The van der Waals surface area contributed by atoms with E-state index in [0.717, 1.165) is 7.11 Å². The van der Waals surface area contributed by atoms with Crippen LogP contribution in [-0.4, -0.2) is 37.4 Å². The fourth-order valence-corrected chi connectivity index (χ4v) is 0.542. The molecule has 0 rings (SSSR count). The molecule has 1 N–H and O–H groups in total. The smallest absolute Gasteiger partial charge is 0.317 e. The molecular weight excluding hydrogens is 176 g/mol. The maximum atomic E-state index is 10.6. The van der Waals surface area contributed by atoms with Crippen molar-refractivity contribution in [2.45, 2.75) is 20.3 Å². The zero-order chi connectivity index (χ0) is 10.7. The van der Waals surface area contributed by atoms with Gasteiger partial charge in [0.05, 0.1) is 13.2 Å². The van der Waals surface area contributed by atoms with Crippen LogP contribution >= 0.6 is 0 Å². The number of aliphatic hydroxyl groups is 1. The summed E-state index contributed by atoms with van der Waals surface area (Å²) in [5.41, 5.74) is 0. The van der Waals surface area contributed by atoms with Crippen molar-refractivity contribution < 1.29 is 24.2 Å². The van der Waals surface area contributed by atoms with Gasteiger partial charge in [-0.2, -0.15) is 0 Å². The molecule has 0 aliphatic heterocycles. The Morgan fingerprint density at radius 1 is 1.00 bits per heavy atom. The van der Waals surface area contributed by atoms with Gasteiger partial charge in [-0.15, -0.1) is 0 Å². The minimum Gasteiger partial charge on any atom is -0.466 e. The van der Waals surface area contributed by atoms with Crippen LogP contribution in [0, 0.1) is 0 Å². The van der Waals surface area contributed by atoms with Gasteiger partial charge in [0.15, 0.2) is 0 Å². The van der Waals surface area contributed by atoms with Crippen molar-refractivity contribution >= 4 is 11.9 Å². The fraction of sp³-hybridized carbons (Fsp3) is 0.750. The molecule has 0 atom stereocenters. The maximum absolute atomic E-state index is 10.6. The highest BCUT2D eigenvalue weighted by molar-refractivity contribution is 5.91. The summed E-state index contributed by atoms with van der Waals surface area (Å²) in [4.78, 5) is 21.2. The second kappa shape index (κ2) is 10.9. The first kappa shape index (κ1) is 14.4. The first-order valence-corrected chi connectivity index (χ1v) is 3.96. The summed E-state index contributed by atoms with van der Waals surface area (Å²) >= 11 is 0. The topological polar surface area (TPSA) is 72.8 Å². The van der Waals surface area contributed by atoms with E-state index >= 15 is 0 Å². The van der Waals surface area contributed by atoms with E-state index in [4.69, 9.17) is 5.11 Å². The first-order valence-electron chi connectivity index (χ1n) is 3.96. The van der Waals surface area contributed by atoms with Crippen LogP contribution in [0.4, 0.5) is 0 Å². The van der Waals surface area contributed by atoms with Gasteiger partial charge in [-0.1, -0.05) is 0 Å². The van der Waals surface area contributed by atoms with Gasteiger partial charge in [0, 0.05) is 7.11 Å². The standard InChI is InChI=1S/C7H12O4.CH4O/c1-3-10-6(8)5-7(9)11-4-2;1-2/h3-5H2,1-2H3;2H,1H3. The molecule has 0 saturated heterocycles. The van der Waals surface area contributed by atoms with Crippen molar-refractivity contribution in [3.63, 3.8) is 0 Å². The zero-order valence-corrected chi connectivity index (χ0v) is 8.20. The number of carbonyl (C=O) groups is 2. The molecule has 0 saturated carbocycles. The summed E-state index contributed by atoms with van der Waals surface area (Å²) < 4.78 is 9.04. The third kappa shape index (κ3) is 10.9. The normalized spacial score (nSPS) is 8.00. The number of rotatable bonds is 4. The van der Waals surface area contributed by atoms with Crippen molar-refractivity contribution in [3.05, 3.63) is 0 Å². The van der Waals surface area contributed by atoms with Gasteiger partial charge in [0.1, 0.15) is 6.42 Å². The van der Waals surface area contributed by atoms with Gasteiger partial charge in [0.25, 0.3) is 0 Å². The molecular formula is C8H16O5. The molecule has 0 aliphatic carbocycles. The molecule has 78 valence electrons. The SMILES string of the molecule is CCOC(=O)CC(=O)OCC.CO. The van der Waals surface area contributed by atoms with E-state index in [1.807, 2.05) is 0 Å². The molecule has 0 amide bonds. The molecule has 13 heavy (non-hydrogen) atoms. The predicted molar refractivity (Wildman–Crippen MR) is 46.0 cm³/mol. The average Bonchev–Trinajstić information content (AvgIpc) is 2.08. The van der Waals surface area contributed by atoms with Crippen molar-refractivity contribution in [1.29, 1.82) is 0 Å². The zero-order valence-electron chi connectivity index (χ0n) is 8.20. The van der Waals surface area contributed by atoms with E-state index < -0.39 is 11.9 Å². The quantitative estimate of drug-likeness (QED) is 0.505. The van der Waals surface area contributed by atoms with Gasteiger partial charge in [-0.25, -0.2) is 0 Å². The molecule has 5 heteroatoms. The number of hydrogen-bond donors (Lipinski definition) is 1. The second-order valence-electron chi connectivity index (χ2n) is 1.79. The number of hydrogen-bond acceptors (Lipinski definition) is 5. The summed E-state index contributed by atoms with van der Waals surface area (Å²) in [6, 6.07) is 0. The van der Waals surface area contributed by atoms with Crippen molar-refractivity contribution in [2.75, 3.05) is 20.3 Å². The van der Waals surface area contributed by atoms with Gasteiger partial charge in [-0.05, 0) is 13.8 Å². The molecule has 0 heterocycles. The largest absolute Gasteiger partial charge is 0.466 e. The highest BCUT2D eigenvalue weighted by Crippen LogP contribution is 1.89. The summed E-state index contributed by atoms with van der Waals surface area (Å²) in [5, 5.41) is 7.00.